The van der Waals surface area contributed by atoms with Crippen molar-refractivity contribution in [1.29, 1.82) is 0 Å². The molecule has 0 atom stereocenters. The molecule has 0 bridgehead atoms. The Morgan fingerprint density at radius 2 is 1.62 bits per heavy atom. The molecule has 1 aliphatic rings. The molecular formula is C26H34F2O. The molecule has 158 valence electrons. The number of rotatable bonds is 9. The van der Waals surface area contributed by atoms with Crippen LogP contribution in [0.1, 0.15) is 82.3 Å². The maximum Gasteiger partial charge on any atom is 0.132 e. The minimum atomic E-state index is -0.525. The lowest BCUT2D eigenvalue weighted by molar-refractivity contribution is 0.128. The van der Waals surface area contributed by atoms with E-state index in [1.807, 2.05) is 25.1 Å². The molecule has 2 aromatic carbocycles. The second kappa shape index (κ2) is 10.9. The van der Waals surface area contributed by atoms with E-state index in [9.17, 15) is 8.78 Å². The Kier molecular flexibility index (Phi) is 8.23. The highest BCUT2D eigenvalue weighted by Crippen LogP contribution is 2.41. The Bertz CT molecular complexity index is 755. The predicted molar refractivity (Wildman–Crippen MR) is 116 cm³/mol. The summed E-state index contributed by atoms with van der Waals surface area (Å²) in [6.45, 7) is 4.48. The molecule has 1 fully saturated rings. The summed E-state index contributed by atoms with van der Waals surface area (Å²) in [7, 11) is 0. The van der Waals surface area contributed by atoms with Crippen LogP contribution in [-0.2, 0) is 11.3 Å². The molecule has 0 amide bonds. The van der Waals surface area contributed by atoms with Gasteiger partial charge in [0.25, 0.3) is 0 Å². The molecule has 2 aromatic rings. The molecule has 0 radical (unpaired) electrons. The minimum absolute atomic E-state index is 0.0145. The van der Waals surface area contributed by atoms with Gasteiger partial charge in [0.15, 0.2) is 0 Å². The van der Waals surface area contributed by atoms with Crippen molar-refractivity contribution in [1.82, 2.24) is 0 Å². The fourth-order valence-electron chi connectivity index (χ4n) is 4.66. The Morgan fingerprint density at radius 1 is 0.931 bits per heavy atom. The van der Waals surface area contributed by atoms with Crippen molar-refractivity contribution in [2.24, 2.45) is 5.92 Å². The maximum atomic E-state index is 14.6. The van der Waals surface area contributed by atoms with Crippen LogP contribution >= 0.6 is 0 Å². The molecule has 0 spiro atoms. The van der Waals surface area contributed by atoms with E-state index in [1.54, 1.807) is 0 Å². The molecule has 3 rings (SSSR count). The van der Waals surface area contributed by atoms with E-state index in [4.69, 9.17) is 4.74 Å². The summed E-state index contributed by atoms with van der Waals surface area (Å²) in [5, 5.41) is 0. The zero-order valence-corrected chi connectivity index (χ0v) is 17.9. The summed E-state index contributed by atoms with van der Waals surface area (Å²) < 4.78 is 34.4. The van der Waals surface area contributed by atoms with Crippen LogP contribution in [0.3, 0.4) is 0 Å². The Labute approximate surface area is 174 Å². The molecule has 1 aliphatic carbocycles. The fraction of sp³-hybridized carbons (Fsp3) is 0.538. The van der Waals surface area contributed by atoms with Gasteiger partial charge in [-0.15, -0.1) is 0 Å². The van der Waals surface area contributed by atoms with Crippen LogP contribution in [0.5, 0.6) is 0 Å². The molecule has 1 saturated carbocycles. The van der Waals surface area contributed by atoms with Gasteiger partial charge in [-0.25, -0.2) is 8.78 Å². The van der Waals surface area contributed by atoms with Crippen LogP contribution < -0.4 is 0 Å². The standard InChI is InChI=1S/C26H34F2O/c1-3-5-6-9-19-12-14-20(15-13-19)22-10-7-8-11-23(22)21-16-25(27)24(18-29-4-2)26(28)17-21/h7-8,10-11,16-17,19-20H,3-6,9,12-15,18H2,1-2H3/t19-,20-. The maximum absolute atomic E-state index is 14.6. The summed E-state index contributed by atoms with van der Waals surface area (Å²) in [4.78, 5) is 0. The number of benzene rings is 2. The highest BCUT2D eigenvalue weighted by Gasteiger charge is 2.24. The predicted octanol–water partition coefficient (Wildman–Crippen LogP) is 8.02. The van der Waals surface area contributed by atoms with Gasteiger partial charge in [-0.1, -0.05) is 56.9 Å². The second-order valence-electron chi connectivity index (χ2n) is 8.36. The van der Waals surface area contributed by atoms with Gasteiger partial charge in [-0.05, 0) is 73.3 Å². The van der Waals surface area contributed by atoms with E-state index in [0.29, 0.717) is 18.1 Å². The number of unbranched alkanes of at least 4 members (excludes halogenated alkanes) is 2. The van der Waals surface area contributed by atoms with Gasteiger partial charge in [0.1, 0.15) is 11.6 Å². The number of ether oxygens (including phenoxy) is 1. The molecule has 0 aromatic heterocycles. The monoisotopic (exact) mass is 400 g/mol. The van der Waals surface area contributed by atoms with E-state index in [2.05, 4.69) is 13.0 Å². The largest absolute Gasteiger partial charge is 0.377 e. The molecule has 0 heterocycles. The summed E-state index contributed by atoms with van der Waals surface area (Å²) >= 11 is 0. The highest BCUT2D eigenvalue weighted by molar-refractivity contribution is 5.68. The molecule has 1 nitrogen and oxygen atoms in total. The summed E-state index contributed by atoms with van der Waals surface area (Å²) in [6, 6.07) is 11.1. The first kappa shape index (κ1) is 22.0. The van der Waals surface area contributed by atoms with Crippen LogP contribution in [-0.4, -0.2) is 6.61 Å². The highest BCUT2D eigenvalue weighted by atomic mass is 19.1. The van der Waals surface area contributed by atoms with E-state index >= 15 is 0 Å². The first-order chi connectivity index (χ1) is 14.1. The van der Waals surface area contributed by atoms with Crippen LogP contribution in [0.4, 0.5) is 8.78 Å². The minimum Gasteiger partial charge on any atom is -0.377 e. The summed E-state index contributed by atoms with van der Waals surface area (Å²) in [5.41, 5.74) is 2.83. The average Bonchev–Trinajstić information content (AvgIpc) is 2.74. The lowest BCUT2D eigenvalue weighted by Gasteiger charge is -2.30. The SMILES string of the molecule is CCCCC[C@H]1CC[C@H](c2ccccc2-c2cc(F)c(COCC)c(F)c2)CC1. The first-order valence-electron chi connectivity index (χ1n) is 11.3. The third kappa shape index (κ3) is 5.66. The molecule has 29 heavy (non-hydrogen) atoms. The number of hydrogen-bond acceptors (Lipinski definition) is 1. The van der Waals surface area contributed by atoms with Gasteiger partial charge < -0.3 is 4.74 Å². The number of halogens is 2. The Morgan fingerprint density at radius 3 is 2.28 bits per heavy atom. The van der Waals surface area contributed by atoms with Crippen molar-refractivity contribution in [2.45, 2.75) is 77.7 Å². The van der Waals surface area contributed by atoms with Gasteiger partial charge in [0.2, 0.25) is 0 Å². The molecule has 0 saturated heterocycles. The van der Waals surface area contributed by atoms with Crippen molar-refractivity contribution in [3.05, 3.63) is 59.2 Å². The van der Waals surface area contributed by atoms with Crippen LogP contribution in [0.25, 0.3) is 11.1 Å². The van der Waals surface area contributed by atoms with Crippen molar-refractivity contribution < 1.29 is 13.5 Å². The second-order valence-corrected chi connectivity index (χ2v) is 8.36. The van der Waals surface area contributed by atoms with Gasteiger partial charge in [0.05, 0.1) is 6.61 Å². The zero-order chi connectivity index (χ0) is 20.6. The van der Waals surface area contributed by atoms with E-state index in [-0.39, 0.29) is 12.2 Å². The smallest absolute Gasteiger partial charge is 0.132 e. The molecule has 0 aliphatic heterocycles. The molecular weight excluding hydrogens is 366 g/mol. The average molecular weight is 401 g/mol. The molecule has 0 unspecified atom stereocenters. The lowest BCUT2D eigenvalue weighted by Crippen LogP contribution is -2.14. The fourth-order valence-corrected chi connectivity index (χ4v) is 4.66. The van der Waals surface area contributed by atoms with Crippen LogP contribution in [0.15, 0.2) is 36.4 Å². The normalized spacial score (nSPS) is 19.4. The first-order valence-corrected chi connectivity index (χ1v) is 11.3. The van der Waals surface area contributed by atoms with Crippen LogP contribution in [0.2, 0.25) is 0 Å². The van der Waals surface area contributed by atoms with Gasteiger partial charge in [-0.2, -0.15) is 0 Å². The van der Waals surface area contributed by atoms with E-state index < -0.39 is 11.6 Å². The summed E-state index contributed by atoms with van der Waals surface area (Å²) in [5.74, 6) is 0.270. The quantitative estimate of drug-likeness (QED) is 0.387. The Balaban J connectivity index is 1.76. The van der Waals surface area contributed by atoms with E-state index in [0.717, 1.165) is 11.5 Å². The third-order valence-corrected chi connectivity index (χ3v) is 6.37. The van der Waals surface area contributed by atoms with Gasteiger partial charge in [0, 0.05) is 12.2 Å². The zero-order valence-electron chi connectivity index (χ0n) is 17.9. The van der Waals surface area contributed by atoms with Gasteiger partial charge >= 0.3 is 0 Å². The van der Waals surface area contributed by atoms with Crippen molar-refractivity contribution in [2.75, 3.05) is 6.61 Å². The molecule has 3 heteroatoms. The van der Waals surface area contributed by atoms with Gasteiger partial charge in [-0.3, -0.25) is 0 Å². The molecule has 0 N–H and O–H groups in total. The number of hydrogen-bond donors (Lipinski definition) is 0. The van der Waals surface area contributed by atoms with Crippen LogP contribution in [0, 0.1) is 17.6 Å². The Hall–Kier alpha value is -1.74. The lowest BCUT2D eigenvalue weighted by atomic mass is 9.75. The summed E-state index contributed by atoms with van der Waals surface area (Å²) in [6.07, 6.45) is 10.2. The van der Waals surface area contributed by atoms with E-state index in [1.165, 1.54) is 69.1 Å². The van der Waals surface area contributed by atoms with Crippen molar-refractivity contribution in [3.63, 3.8) is 0 Å². The van der Waals surface area contributed by atoms with Crippen molar-refractivity contribution in [3.8, 4) is 11.1 Å². The van der Waals surface area contributed by atoms with Crippen molar-refractivity contribution >= 4 is 0 Å². The third-order valence-electron chi connectivity index (χ3n) is 6.37. The topological polar surface area (TPSA) is 9.23 Å².